The summed E-state index contributed by atoms with van der Waals surface area (Å²) in [5.74, 6) is -0.823. The molecule has 49 heavy (non-hydrogen) atoms. The number of rotatable bonds is 6. The number of ether oxygens (including phenoxy) is 1. The Labute approximate surface area is 286 Å². The zero-order valence-corrected chi connectivity index (χ0v) is 27.9. The summed E-state index contributed by atoms with van der Waals surface area (Å²) in [6.07, 6.45) is 9.50. The third-order valence-electron chi connectivity index (χ3n) is 10.5. The number of fused-ring (bicyclic) bond motifs is 1. The summed E-state index contributed by atoms with van der Waals surface area (Å²) in [4.78, 5) is 45.9. The highest BCUT2D eigenvalue weighted by Crippen LogP contribution is 2.52. The zero-order chi connectivity index (χ0) is 34.1. The van der Waals surface area contributed by atoms with E-state index in [0.717, 1.165) is 73.4 Å². The first-order valence-electron chi connectivity index (χ1n) is 17.1. The van der Waals surface area contributed by atoms with Gasteiger partial charge >= 0.3 is 0 Å². The fourth-order valence-corrected chi connectivity index (χ4v) is 7.72. The van der Waals surface area contributed by atoms with Crippen molar-refractivity contribution in [2.45, 2.75) is 58.3 Å². The van der Waals surface area contributed by atoms with E-state index in [1.807, 2.05) is 49.5 Å². The molecule has 1 atom stereocenters. The maximum absolute atomic E-state index is 15.1. The molecule has 7 rings (SSSR count). The Morgan fingerprint density at radius 2 is 1.71 bits per heavy atom. The number of aryl methyl sites for hydroxylation is 1. The van der Waals surface area contributed by atoms with Gasteiger partial charge in [0.15, 0.2) is 5.78 Å². The summed E-state index contributed by atoms with van der Waals surface area (Å²) in [6.45, 7) is 5.31. The number of amides is 2. The van der Waals surface area contributed by atoms with E-state index in [0.29, 0.717) is 40.9 Å². The number of pyridine rings is 1. The predicted molar refractivity (Wildman–Crippen MR) is 189 cm³/mol. The number of benzene rings is 3. The molecule has 2 aliphatic heterocycles. The number of anilines is 2. The molecule has 3 heterocycles. The van der Waals surface area contributed by atoms with Gasteiger partial charge in [-0.1, -0.05) is 30.3 Å². The normalized spacial score (nSPS) is 18.4. The maximum atomic E-state index is 15.1. The Hall–Kier alpha value is -4.95. The number of halogens is 1. The molecular formula is C41H40FN3O4. The van der Waals surface area contributed by atoms with Crippen LogP contribution in [0.1, 0.15) is 105 Å². The fourth-order valence-electron chi connectivity index (χ4n) is 7.72. The topological polar surface area (TPSA) is 88.6 Å². The minimum absolute atomic E-state index is 0.194. The molecule has 2 fully saturated rings. The van der Waals surface area contributed by atoms with Crippen LogP contribution in [0.15, 0.2) is 79.0 Å². The third kappa shape index (κ3) is 6.70. The van der Waals surface area contributed by atoms with Gasteiger partial charge in [0.25, 0.3) is 11.8 Å². The van der Waals surface area contributed by atoms with Crippen LogP contribution in [0.3, 0.4) is 0 Å². The van der Waals surface area contributed by atoms with E-state index in [1.54, 1.807) is 41.3 Å². The lowest BCUT2D eigenvalue weighted by Crippen LogP contribution is -2.32. The van der Waals surface area contributed by atoms with Gasteiger partial charge in [-0.25, -0.2) is 4.39 Å². The molecule has 1 N–H and O–H groups in total. The number of nitrogens with one attached hydrogen (secondary N) is 1. The molecule has 8 heteroatoms. The highest BCUT2D eigenvalue weighted by molar-refractivity contribution is 6.09. The van der Waals surface area contributed by atoms with Gasteiger partial charge in [-0.05, 0) is 123 Å². The summed E-state index contributed by atoms with van der Waals surface area (Å²) >= 11 is 0. The smallest absolute Gasteiger partial charge is 0.258 e. The Morgan fingerprint density at radius 1 is 0.959 bits per heavy atom. The van der Waals surface area contributed by atoms with Crippen LogP contribution in [-0.2, 0) is 4.74 Å². The van der Waals surface area contributed by atoms with Gasteiger partial charge in [0.2, 0.25) is 0 Å². The minimum atomic E-state index is -0.464. The molecule has 1 saturated carbocycles. The molecule has 1 spiro atoms. The highest BCUT2D eigenvalue weighted by Gasteiger charge is 2.42. The standard InChI is InChI=1S/C41H40FN3O4/c1-26-21-35(38(43-25-26)32-13-15-41(24-32)16-19-49-20-17-41)39(47)44-33-10-7-28(8-11-33)40(48)45-18-14-30(22-31-5-3-4-6-37(31)45)34-12-9-29(27(2)46)23-36(34)42/h3-12,21-23,25,32H,13-20,24H2,1-2H3,(H,44,47). The second kappa shape index (κ2) is 13.5. The minimum Gasteiger partial charge on any atom is -0.381 e. The van der Waals surface area contributed by atoms with Crippen molar-refractivity contribution < 1.29 is 23.5 Å². The van der Waals surface area contributed by atoms with Crippen LogP contribution in [0.25, 0.3) is 11.6 Å². The summed E-state index contributed by atoms with van der Waals surface area (Å²) < 4.78 is 20.8. The van der Waals surface area contributed by atoms with Gasteiger partial charge in [-0.15, -0.1) is 0 Å². The van der Waals surface area contributed by atoms with E-state index in [-0.39, 0.29) is 28.9 Å². The first-order chi connectivity index (χ1) is 23.7. The number of hydrogen-bond donors (Lipinski definition) is 1. The van der Waals surface area contributed by atoms with Crippen molar-refractivity contribution in [3.05, 3.63) is 124 Å². The summed E-state index contributed by atoms with van der Waals surface area (Å²) in [5, 5.41) is 3.04. The van der Waals surface area contributed by atoms with Crippen molar-refractivity contribution >= 4 is 40.6 Å². The molecule has 2 amide bonds. The molecule has 1 unspecified atom stereocenters. The number of hydrogen-bond acceptors (Lipinski definition) is 5. The van der Waals surface area contributed by atoms with Gasteiger partial charge in [-0.2, -0.15) is 0 Å². The average molecular weight is 658 g/mol. The fraction of sp³-hybridized carbons (Fsp3) is 0.317. The molecule has 1 saturated heterocycles. The van der Waals surface area contributed by atoms with Gasteiger partial charge in [0.05, 0.1) is 16.9 Å². The molecule has 1 aliphatic carbocycles. The van der Waals surface area contributed by atoms with Gasteiger partial charge in [0.1, 0.15) is 5.82 Å². The van der Waals surface area contributed by atoms with Crippen molar-refractivity contribution in [3.8, 4) is 0 Å². The quantitative estimate of drug-likeness (QED) is 0.210. The second-order valence-electron chi connectivity index (χ2n) is 13.7. The summed E-state index contributed by atoms with van der Waals surface area (Å²) in [6, 6.07) is 21.0. The lowest BCUT2D eigenvalue weighted by Gasteiger charge is -2.33. The van der Waals surface area contributed by atoms with E-state index < -0.39 is 5.82 Å². The highest BCUT2D eigenvalue weighted by atomic mass is 19.1. The first kappa shape index (κ1) is 32.6. The van der Waals surface area contributed by atoms with E-state index >= 15 is 4.39 Å². The van der Waals surface area contributed by atoms with E-state index in [9.17, 15) is 14.4 Å². The molecule has 3 aromatic carbocycles. The molecule has 1 aromatic heterocycles. The first-order valence-corrected chi connectivity index (χ1v) is 17.1. The third-order valence-corrected chi connectivity index (χ3v) is 10.5. The number of nitrogens with zero attached hydrogens (tertiary/aromatic N) is 2. The molecule has 7 nitrogen and oxygen atoms in total. The Balaban J connectivity index is 1.07. The lowest BCUT2D eigenvalue weighted by molar-refractivity contribution is 0.0174. The lowest BCUT2D eigenvalue weighted by atomic mass is 9.77. The Kier molecular flexibility index (Phi) is 8.99. The molecule has 0 radical (unpaired) electrons. The average Bonchev–Trinajstić information content (AvgIpc) is 3.40. The summed E-state index contributed by atoms with van der Waals surface area (Å²) in [5.41, 5.74) is 6.76. The number of aromatic nitrogens is 1. The van der Waals surface area contributed by atoms with Crippen LogP contribution in [0.4, 0.5) is 15.8 Å². The second-order valence-corrected chi connectivity index (χ2v) is 13.7. The zero-order valence-electron chi connectivity index (χ0n) is 27.9. The van der Waals surface area contributed by atoms with Crippen LogP contribution < -0.4 is 10.2 Å². The van der Waals surface area contributed by atoms with Crippen molar-refractivity contribution in [3.63, 3.8) is 0 Å². The van der Waals surface area contributed by atoms with E-state index in [2.05, 4.69) is 5.32 Å². The van der Waals surface area contributed by atoms with E-state index in [4.69, 9.17) is 9.72 Å². The largest absolute Gasteiger partial charge is 0.381 e. The van der Waals surface area contributed by atoms with Crippen LogP contribution in [0.5, 0.6) is 0 Å². The summed E-state index contributed by atoms with van der Waals surface area (Å²) in [7, 11) is 0. The van der Waals surface area contributed by atoms with Gasteiger partial charge in [-0.3, -0.25) is 19.4 Å². The number of carbonyl (C=O) groups excluding carboxylic acids is 3. The maximum Gasteiger partial charge on any atom is 0.258 e. The molecular weight excluding hydrogens is 617 g/mol. The van der Waals surface area contributed by atoms with Crippen LogP contribution in [0, 0.1) is 18.2 Å². The van der Waals surface area contributed by atoms with Gasteiger partial charge in [0, 0.05) is 54.3 Å². The predicted octanol–water partition coefficient (Wildman–Crippen LogP) is 8.64. The Bertz CT molecular complexity index is 1960. The molecule has 0 bridgehead atoms. The van der Waals surface area contributed by atoms with Crippen molar-refractivity contribution in [1.29, 1.82) is 0 Å². The Morgan fingerprint density at radius 3 is 2.47 bits per heavy atom. The molecule has 250 valence electrons. The SMILES string of the molecule is CC(=O)c1ccc(C2=Cc3ccccc3N(C(=O)c3ccc(NC(=O)c4cc(C)cnc4C4CCC5(CCOCC5)C4)cc3)CC2)c(F)c1. The van der Waals surface area contributed by atoms with E-state index in [1.165, 1.54) is 13.0 Å². The van der Waals surface area contributed by atoms with Crippen molar-refractivity contribution in [2.24, 2.45) is 5.41 Å². The van der Waals surface area contributed by atoms with Crippen LogP contribution in [-0.4, -0.2) is 42.3 Å². The van der Waals surface area contributed by atoms with Crippen LogP contribution in [0.2, 0.25) is 0 Å². The number of Topliss-reactive ketones (excluding diaryl/α,β-unsaturated/α-hetero) is 1. The molecule has 3 aliphatic rings. The van der Waals surface area contributed by atoms with Crippen molar-refractivity contribution in [2.75, 3.05) is 30.0 Å². The number of ketones is 1. The monoisotopic (exact) mass is 657 g/mol. The number of carbonyl (C=O) groups is 3. The molecule has 4 aromatic rings. The number of para-hydroxylation sites is 1. The van der Waals surface area contributed by atoms with Crippen LogP contribution >= 0.6 is 0 Å². The van der Waals surface area contributed by atoms with Gasteiger partial charge < -0.3 is 15.0 Å². The van der Waals surface area contributed by atoms with Crippen molar-refractivity contribution in [1.82, 2.24) is 4.98 Å².